The molecule has 43 heavy (non-hydrogen) atoms. The summed E-state index contributed by atoms with van der Waals surface area (Å²) in [6.45, 7) is 2.78. The van der Waals surface area contributed by atoms with Gasteiger partial charge in [0.15, 0.2) is 0 Å². The molecule has 1 saturated heterocycles. The van der Waals surface area contributed by atoms with Crippen molar-refractivity contribution in [2.45, 2.75) is 32.0 Å². The Morgan fingerprint density at radius 3 is 2.51 bits per heavy atom. The van der Waals surface area contributed by atoms with Crippen molar-refractivity contribution in [3.05, 3.63) is 102 Å². The van der Waals surface area contributed by atoms with E-state index in [-0.39, 0.29) is 5.56 Å². The summed E-state index contributed by atoms with van der Waals surface area (Å²) in [4.78, 5) is 19.2. The van der Waals surface area contributed by atoms with E-state index in [0.29, 0.717) is 43.1 Å². The van der Waals surface area contributed by atoms with Gasteiger partial charge < -0.3 is 25.6 Å². The number of fused-ring (bicyclic) bond motifs is 1. The molecule has 1 aliphatic heterocycles. The highest BCUT2D eigenvalue weighted by Gasteiger charge is 2.33. The van der Waals surface area contributed by atoms with Crippen molar-refractivity contribution in [2.75, 3.05) is 29.0 Å². The molecule has 2 aromatic heterocycles. The number of nitrogens with zero attached hydrogens (tertiary/aromatic N) is 3. The van der Waals surface area contributed by atoms with Gasteiger partial charge >= 0.3 is 6.18 Å². The number of rotatable bonds is 5. The van der Waals surface area contributed by atoms with Gasteiger partial charge in [-0.15, -0.1) is 0 Å². The third-order valence-electron chi connectivity index (χ3n) is 7.88. The monoisotopic (exact) mass is 585 g/mol. The number of benzene rings is 3. The third kappa shape index (κ3) is 5.91. The lowest BCUT2D eigenvalue weighted by atomic mass is 9.98. The van der Waals surface area contributed by atoms with Gasteiger partial charge in [0.25, 0.3) is 5.91 Å². The van der Waals surface area contributed by atoms with Crippen LogP contribution in [0.4, 0.5) is 30.4 Å². The van der Waals surface area contributed by atoms with Gasteiger partial charge in [0.1, 0.15) is 5.82 Å². The molecule has 5 aromatic rings. The van der Waals surface area contributed by atoms with Gasteiger partial charge in [-0.2, -0.15) is 13.2 Å². The van der Waals surface area contributed by atoms with E-state index >= 15 is 0 Å². The Balaban J connectivity index is 1.31. The smallest absolute Gasteiger partial charge is 0.393 e. The van der Waals surface area contributed by atoms with Gasteiger partial charge in [-0.25, -0.2) is 4.98 Å². The molecular weight excluding hydrogens is 555 g/mol. The maximum absolute atomic E-state index is 13.8. The Morgan fingerprint density at radius 1 is 0.977 bits per heavy atom. The summed E-state index contributed by atoms with van der Waals surface area (Å²) in [5, 5.41) is 13.7. The normalized spacial score (nSPS) is 14.3. The molecule has 6 rings (SSSR count). The minimum absolute atomic E-state index is 0.0889. The number of carbonyl (C=O) groups excluding carboxylic acids is 1. The van der Waals surface area contributed by atoms with Gasteiger partial charge in [0.05, 0.1) is 22.9 Å². The summed E-state index contributed by atoms with van der Waals surface area (Å²) < 4.78 is 43.4. The lowest BCUT2D eigenvalue weighted by Crippen LogP contribution is -2.36. The van der Waals surface area contributed by atoms with E-state index in [2.05, 4.69) is 16.4 Å². The first-order valence-electron chi connectivity index (χ1n) is 14.0. The molecule has 1 amide bonds. The molecule has 3 aromatic carbocycles. The molecule has 1 aliphatic rings. The molecule has 0 aliphatic carbocycles. The van der Waals surface area contributed by atoms with Crippen LogP contribution in [0.25, 0.3) is 27.7 Å². The number of amides is 1. The molecular formula is C33H30F3N5O2. The van der Waals surface area contributed by atoms with Crippen molar-refractivity contribution < 1.29 is 23.1 Å². The van der Waals surface area contributed by atoms with Crippen molar-refractivity contribution in [3.63, 3.8) is 0 Å². The number of alkyl halides is 3. The average molecular weight is 586 g/mol. The van der Waals surface area contributed by atoms with Gasteiger partial charge in [0, 0.05) is 48.5 Å². The Kier molecular flexibility index (Phi) is 7.31. The van der Waals surface area contributed by atoms with Crippen LogP contribution in [-0.4, -0.2) is 39.8 Å². The fourth-order valence-corrected chi connectivity index (χ4v) is 5.53. The summed E-state index contributed by atoms with van der Waals surface area (Å²) >= 11 is 0. The maximum atomic E-state index is 13.8. The number of pyridine rings is 1. The number of aliphatic hydroxyl groups excluding tert-OH is 1. The van der Waals surface area contributed by atoms with E-state index in [0.717, 1.165) is 45.4 Å². The summed E-state index contributed by atoms with van der Waals surface area (Å²) in [6, 6.07) is 20.6. The number of aliphatic hydroxyl groups is 1. The van der Waals surface area contributed by atoms with Crippen LogP contribution < -0.4 is 16.0 Å². The number of piperidine rings is 1. The number of aryl methyl sites for hydroxylation is 1. The van der Waals surface area contributed by atoms with Crippen molar-refractivity contribution in [1.29, 1.82) is 0 Å². The summed E-state index contributed by atoms with van der Waals surface area (Å²) in [5.41, 5.74) is 10.3. The average Bonchev–Trinajstić information content (AvgIpc) is 3.41. The van der Waals surface area contributed by atoms with Crippen LogP contribution in [0.5, 0.6) is 0 Å². The highest BCUT2D eigenvalue weighted by Crippen LogP contribution is 2.35. The number of halogens is 3. The largest absolute Gasteiger partial charge is 0.416 e. The molecule has 0 atom stereocenters. The lowest BCUT2D eigenvalue weighted by molar-refractivity contribution is -0.137. The van der Waals surface area contributed by atoms with Crippen LogP contribution in [0.2, 0.25) is 0 Å². The van der Waals surface area contributed by atoms with Crippen LogP contribution in [0.15, 0.2) is 85.2 Å². The Labute approximate surface area is 246 Å². The highest BCUT2D eigenvalue weighted by molar-refractivity contribution is 6.05. The van der Waals surface area contributed by atoms with Crippen molar-refractivity contribution in [2.24, 2.45) is 0 Å². The number of hydrogen-bond donors (Lipinski definition) is 3. The molecule has 220 valence electrons. The summed E-state index contributed by atoms with van der Waals surface area (Å²) in [7, 11) is 0. The fourth-order valence-electron chi connectivity index (χ4n) is 5.53. The van der Waals surface area contributed by atoms with E-state index in [1.807, 2.05) is 54.1 Å². The zero-order valence-electron chi connectivity index (χ0n) is 23.4. The molecule has 1 fully saturated rings. The van der Waals surface area contributed by atoms with Crippen LogP contribution in [0, 0.1) is 6.92 Å². The first-order valence-corrected chi connectivity index (χ1v) is 14.0. The second kappa shape index (κ2) is 11.1. The zero-order chi connectivity index (χ0) is 30.3. The lowest BCUT2D eigenvalue weighted by Gasteiger charge is -2.32. The molecule has 0 spiro atoms. The van der Waals surface area contributed by atoms with E-state index in [1.54, 1.807) is 23.2 Å². The standard InChI is InChI=1S/C33H30F3N5O2/c1-20-2-5-25(18-29(20)22-4-3-21-7-13-41(30(21)16-22)26-6-10-38-31(37)19-26)39-32(43)23-14-24(33(34,35)36)17-27(15-23)40-11-8-28(42)9-12-40/h2-7,10,13-19,28,42H,8-9,11-12H2,1H3,(H2,37,38)(H,39,43). The number of carbonyl (C=O) groups is 1. The fraction of sp³-hybridized carbons (Fsp3) is 0.212. The minimum Gasteiger partial charge on any atom is -0.393 e. The molecule has 7 nitrogen and oxygen atoms in total. The number of anilines is 3. The molecule has 0 saturated carbocycles. The number of nitrogens with one attached hydrogen (secondary N) is 1. The Bertz CT molecular complexity index is 1820. The number of nitrogen functional groups attached to an aromatic ring is 1. The molecule has 4 N–H and O–H groups in total. The summed E-state index contributed by atoms with van der Waals surface area (Å²) in [6.07, 6.45) is -0.563. The quantitative estimate of drug-likeness (QED) is 0.211. The predicted octanol–water partition coefficient (Wildman–Crippen LogP) is 6.82. The van der Waals surface area contributed by atoms with E-state index in [4.69, 9.17) is 5.73 Å². The topological polar surface area (TPSA) is 96.4 Å². The first-order chi connectivity index (χ1) is 20.5. The molecule has 0 unspecified atom stereocenters. The minimum atomic E-state index is -4.62. The highest BCUT2D eigenvalue weighted by atomic mass is 19.4. The number of aromatic nitrogens is 2. The van der Waals surface area contributed by atoms with E-state index in [1.165, 1.54) is 6.07 Å². The molecule has 10 heteroatoms. The maximum Gasteiger partial charge on any atom is 0.416 e. The van der Waals surface area contributed by atoms with Crippen molar-refractivity contribution in [1.82, 2.24) is 9.55 Å². The van der Waals surface area contributed by atoms with E-state index in [9.17, 15) is 23.1 Å². The number of nitrogens with two attached hydrogens (primary N) is 1. The van der Waals surface area contributed by atoms with Crippen molar-refractivity contribution >= 4 is 34.0 Å². The van der Waals surface area contributed by atoms with Crippen LogP contribution in [0.3, 0.4) is 0 Å². The number of hydrogen-bond acceptors (Lipinski definition) is 5. The van der Waals surface area contributed by atoms with Crippen molar-refractivity contribution in [3.8, 4) is 16.8 Å². The Morgan fingerprint density at radius 2 is 1.77 bits per heavy atom. The molecule has 0 radical (unpaired) electrons. The predicted molar refractivity (Wildman–Crippen MR) is 163 cm³/mol. The zero-order valence-corrected chi connectivity index (χ0v) is 23.4. The van der Waals surface area contributed by atoms with Gasteiger partial charge in [-0.3, -0.25) is 4.79 Å². The van der Waals surface area contributed by atoms with Gasteiger partial charge in [-0.1, -0.05) is 18.2 Å². The van der Waals surface area contributed by atoms with Crippen LogP contribution in [-0.2, 0) is 6.18 Å². The molecule has 3 heterocycles. The van der Waals surface area contributed by atoms with Gasteiger partial charge in [-0.05, 0) is 90.4 Å². The SMILES string of the molecule is Cc1ccc(NC(=O)c2cc(N3CCC(O)CC3)cc(C(F)(F)F)c2)cc1-c1ccc2ccn(-c3ccnc(N)c3)c2c1. The second-order valence-corrected chi connectivity index (χ2v) is 10.9. The van der Waals surface area contributed by atoms with E-state index < -0.39 is 23.8 Å². The van der Waals surface area contributed by atoms with Crippen LogP contribution in [0.1, 0.15) is 34.3 Å². The first kappa shape index (κ1) is 28.3. The van der Waals surface area contributed by atoms with Gasteiger partial charge in [0.2, 0.25) is 0 Å². The molecule has 0 bridgehead atoms. The van der Waals surface area contributed by atoms with Crippen LogP contribution >= 0.6 is 0 Å². The Hall–Kier alpha value is -4.83. The second-order valence-electron chi connectivity index (χ2n) is 10.9. The summed E-state index contributed by atoms with van der Waals surface area (Å²) in [5.74, 6) is -0.226. The third-order valence-corrected chi connectivity index (χ3v) is 7.88.